The maximum Gasteiger partial charge on any atom is 0.490 e. The molecule has 1 N–H and O–H groups in total. The molecule has 1 saturated heterocycles. The van der Waals surface area contributed by atoms with Gasteiger partial charge < -0.3 is 9.84 Å². The van der Waals surface area contributed by atoms with Crippen molar-refractivity contribution in [2.45, 2.75) is 44.8 Å². The zero-order valence-corrected chi connectivity index (χ0v) is 15.8. The number of likely N-dealkylation sites (tertiary alicyclic amines) is 1. The summed E-state index contributed by atoms with van der Waals surface area (Å²) in [7, 11) is 0. The van der Waals surface area contributed by atoms with Crippen LogP contribution in [0.25, 0.3) is 0 Å². The summed E-state index contributed by atoms with van der Waals surface area (Å²) in [6.07, 6.45) is 3.76. The lowest BCUT2D eigenvalue weighted by atomic mass is 9.81. The minimum absolute atomic E-state index is 0.448. The summed E-state index contributed by atoms with van der Waals surface area (Å²) in [5, 5.41) is 7.12. The van der Waals surface area contributed by atoms with Gasteiger partial charge in [-0.15, -0.1) is 0 Å². The van der Waals surface area contributed by atoms with Crippen LogP contribution in [0.1, 0.15) is 37.8 Å². The zero-order valence-electron chi connectivity index (χ0n) is 15.8. The first-order valence-corrected chi connectivity index (χ1v) is 9.79. The minimum atomic E-state index is -5.08. The van der Waals surface area contributed by atoms with Crippen LogP contribution in [0.5, 0.6) is 0 Å². The Bertz CT molecular complexity index is 652. The number of carboxylic acids is 1. The second kappa shape index (κ2) is 8.78. The predicted octanol–water partition coefficient (Wildman–Crippen LogP) is 3.74. The number of rotatable bonds is 6. The van der Waals surface area contributed by atoms with Crippen LogP contribution in [0.3, 0.4) is 0 Å². The van der Waals surface area contributed by atoms with Gasteiger partial charge in [-0.1, -0.05) is 12.5 Å². The third-order valence-electron chi connectivity index (χ3n) is 5.90. The number of hydrogen-bond donors (Lipinski definition) is 1. The number of pyridine rings is 1. The quantitative estimate of drug-likeness (QED) is 0.788. The number of ether oxygens (including phenoxy) is 1. The number of nitrogens with zero attached hydrogens (tertiary/aromatic N) is 2. The Labute approximate surface area is 162 Å². The molecular formula is C20H27F3N2O3. The molecule has 4 rings (SSSR count). The standard InChI is InChI=1S/C18H26N2O.C2HF3O2/c1-2-9-19-17(5-1)11-20-10-16-4-3-8-18(16,13-20)14-21-12-15-6-7-15;3-2(4,5)1(6)7/h1-2,5,9,15-16H,3-4,6-8,10-14H2;(H,6,7)/t16-,18+;/m1./s1. The number of alkyl halides is 3. The van der Waals surface area contributed by atoms with Gasteiger partial charge in [-0.25, -0.2) is 4.79 Å². The molecule has 3 fully saturated rings. The number of halogens is 3. The van der Waals surface area contributed by atoms with Gasteiger partial charge in [0.2, 0.25) is 0 Å². The zero-order chi connectivity index (χ0) is 20.2. The Morgan fingerprint density at radius 2 is 2.07 bits per heavy atom. The molecule has 2 heterocycles. The monoisotopic (exact) mass is 400 g/mol. The van der Waals surface area contributed by atoms with Crippen molar-refractivity contribution in [1.82, 2.24) is 9.88 Å². The molecule has 8 heteroatoms. The van der Waals surface area contributed by atoms with Crippen LogP contribution in [0.15, 0.2) is 24.4 Å². The van der Waals surface area contributed by atoms with Gasteiger partial charge in [-0.05, 0) is 49.7 Å². The maximum atomic E-state index is 10.6. The molecule has 1 aromatic rings. The fourth-order valence-electron chi connectivity index (χ4n) is 4.32. The van der Waals surface area contributed by atoms with E-state index < -0.39 is 12.1 Å². The summed E-state index contributed by atoms with van der Waals surface area (Å²) >= 11 is 0. The van der Waals surface area contributed by atoms with E-state index in [9.17, 15) is 13.2 Å². The number of carboxylic acid groups (broad SMARTS) is 1. The predicted molar refractivity (Wildman–Crippen MR) is 96.5 cm³/mol. The van der Waals surface area contributed by atoms with Crippen molar-refractivity contribution < 1.29 is 27.8 Å². The lowest BCUT2D eigenvalue weighted by Gasteiger charge is -2.28. The van der Waals surface area contributed by atoms with Gasteiger partial charge in [-0.3, -0.25) is 9.88 Å². The fourth-order valence-corrected chi connectivity index (χ4v) is 4.32. The van der Waals surface area contributed by atoms with Gasteiger partial charge in [0.15, 0.2) is 0 Å². The highest BCUT2D eigenvalue weighted by atomic mass is 19.4. The van der Waals surface area contributed by atoms with E-state index in [1.165, 1.54) is 50.9 Å². The molecule has 2 aliphatic carbocycles. The first-order chi connectivity index (χ1) is 13.3. The molecule has 1 aliphatic heterocycles. The lowest BCUT2D eigenvalue weighted by molar-refractivity contribution is -0.192. The summed E-state index contributed by atoms with van der Waals surface area (Å²) in [5.41, 5.74) is 1.65. The Morgan fingerprint density at radius 3 is 2.68 bits per heavy atom. The maximum absolute atomic E-state index is 10.6. The van der Waals surface area contributed by atoms with Crippen LogP contribution in [0, 0.1) is 17.3 Å². The molecule has 1 aromatic heterocycles. The van der Waals surface area contributed by atoms with Gasteiger partial charge >= 0.3 is 12.1 Å². The van der Waals surface area contributed by atoms with Crippen LogP contribution in [0.2, 0.25) is 0 Å². The van der Waals surface area contributed by atoms with Crippen molar-refractivity contribution in [1.29, 1.82) is 0 Å². The normalized spacial score (nSPS) is 27.2. The molecule has 156 valence electrons. The van der Waals surface area contributed by atoms with Crippen LogP contribution in [-0.4, -0.2) is 53.4 Å². The van der Waals surface area contributed by atoms with E-state index in [0.717, 1.165) is 31.6 Å². The summed E-state index contributed by atoms with van der Waals surface area (Å²) in [6.45, 7) is 5.45. The molecule has 0 amide bonds. The molecular weight excluding hydrogens is 373 g/mol. The average molecular weight is 400 g/mol. The van der Waals surface area contributed by atoms with Gasteiger partial charge in [-0.2, -0.15) is 13.2 Å². The molecule has 3 aliphatic rings. The molecule has 0 unspecified atom stereocenters. The largest absolute Gasteiger partial charge is 0.490 e. The highest BCUT2D eigenvalue weighted by molar-refractivity contribution is 5.73. The van der Waals surface area contributed by atoms with Crippen LogP contribution < -0.4 is 0 Å². The Kier molecular flexibility index (Phi) is 6.60. The van der Waals surface area contributed by atoms with Crippen molar-refractivity contribution >= 4 is 5.97 Å². The summed E-state index contributed by atoms with van der Waals surface area (Å²) < 4.78 is 37.8. The number of fused-ring (bicyclic) bond motifs is 1. The lowest BCUT2D eigenvalue weighted by Crippen LogP contribution is -2.32. The number of aromatic nitrogens is 1. The first kappa shape index (κ1) is 21.0. The number of aliphatic carboxylic acids is 1. The molecule has 2 saturated carbocycles. The first-order valence-electron chi connectivity index (χ1n) is 9.79. The minimum Gasteiger partial charge on any atom is -0.475 e. The third-order valence-corrected chi connectivity index (χ3v) is 5.90. The topological polar surface area (TPSA) is 62.7 Å². The van der Waals surface area contributed by atoms with E-state index in [4.69, 9.17) is 14.6 Å². The van der Waals surface area contributed by atoms with E-state index in [1.807, 2.05) is 12.3 Å². The number of carbonyl (C=O) groups is 1. The highest BCUT2D eigenvalue weighted by Crippen LogP contribution is 2.49. The summed E-state index contributed by atoms with van der Waals surface area (Å²) in [6, 6.07) is 6.23. The second-order valence-electron chi connectivity index (χ2n) is 8.20. The fraction of sp³-hybridized carbons (Fsp3) is 0.700. The van der Waals surface area contributed by atoms with Gasteiger partial charge in [0, 0.05) is 37.9 Å². The SMILES string of the molecule is O=C(O)C(F)(F)F.c1ccc(CN2C[C@H]3CCC[C@@]3(COCC3CC3)C2)nc1. The van der Waals surface area contributed by atoms with E-state index in [2.05, 4.69) is 22.0 Å². The second-order valence-corrected chi connectivity index (χ2v) is 8.20. The van der Waals surface area contributed by atoms with E-state index in [1.54, 1.807) is 0 Å². The Morgan fingerprint density at radius 1 is 1.32 bits per heavy atom. The number of hydrogen-bond acceptors (Lipinski definition) is 4. The van der Waals surface area contributed by atoms with Crippen molar-refractivity contribution in [2.24, 2.45) is 17.3 Å². The van der Waals surface area contributed by atoms with Gasteiger partial charge in [0.1, 0.15) is 0 Å². The van der Waals surface area contributed by atoms with E-state index in [0.29, 0.717) is 5.41 Å². The molecule has 0 radical (unpaired) electrons. The molecule has 0 aromatic carbocycles. The van der Waals surface area contributed by atoms with Crippen molar-refractivity contribution in [2.75, 3.05) is 26.3 Å². The van der Waals surface area contributed by atoms with Crippen LogP contribution in [0.4, 0.5) is 13.2 Å². The molecule has 5 nitrogen and oxygen atoms in total. The summed E-state index contributed by atoms with van der Waals surface area (Å²) in [4.78, 5) is 16.0. The molecule has 28 heavy (non-hydrogen) atoms. The Hall–Kier alpha value is -1.67. The van der Waals surface area contributed by atoms with Crippen LogP contribution in [-0.2, 0) is 16.1 Å². The van der Waals surface area contributed by atoms with E-state index in [-0.39, 0.29) is 0 Å². The Balaban J connectivity index is 0.000000279. The van der Waals surface area contributed by atoms with E-state index >= 15 is 0 Å². The van der Waals surface area contributed by atoms with Crippen molar-refractivity contribution in [3.8, 4) is 0 Å². The van der Waals surface area contributed by atoms with Crippen LogP contribution >= 0.6 is 0 Å². The smallest absolute Gasteiger partial charge is 0.475 e. The van der Waals surface area contributed by atoms with Gasteiger partial charge in [0.25, 0.3) is 0 Å². The van der Waals surface area contributed by atoms with Gasteiger partial charge in [0.05, 0.1) is 12.3 Å². The molecule has 2 atom stereocenters. The summed E-state index contributed by atoms with van der Waals surface area (Å²) in [5.74, 6) is -1.03. The van der Waals surface area contributed by atoms with Crippen molar-refractivity contribution in [3.63, 3.8) is 0 Å². The average Bonchev–Trinajstić information content (AvgIpc) is 3.28. The molecule has 0 spiro atoms. The molecule has 0 bridgehead atoms. The highest BCUT2D eigenvalue weighted by Gasteiger charge is 2.49. The third kappa shape index (κ3) is 5.67. The van der Waals surface area contributed by atoms with Crippen molar-refractivity contribution in [3.05, 3.63) is 30.1 Å².